The lowest BCUT2D eigenvalue weighted by Gasteiger charge is -2.18. The summed E-state index contributed by atoms with van der Waals surface area (Å²) >= 11 is 4.71. The molecular weight excluding hydrogens is 310 g/mol. The molecule has 0 aliphatic rings. The number of carbonyl (C=O) groups is 2. The number of aliphatic hydroxyl groups is 1. The van der Waals surface area contributed by atoms with E-state index in [9.17, 15) is 14.7 Å². The van der Waals surface area contributed by atoms with E-state index < -0.39 is 11.6 Å². The fraction of sp³-hybridized carbons (Fsp3) is 0.400. The zero-order chi connectivity index (χ0) is 13.1. The number of aliphatic carboxylic acids is 1. The predicted octanol–water partition coefficient (Wildman–Crippen LogP) is 1.00. The van der Waals surface area contributed by atoms with Gasteiger partial charge in [-0.25, -0.2) is 4.79 Å². The summed E-state index contributed by atoms with van der Waals surface area (Å²) < 4.78 is 0.929. The first-order valence-corrected chi connectivity index (χ1v) is 6.39. The van der Waals surface area contributed by atoms with Crippen molar-refractivity contribution in [1.82, 2.24) is 5.32 Å². The molecule has 17 heavy (non-hydrogen) atoms. The van der Waals surface area contributed by atoms with Crippen LogP contribution in [0.3, 0.4) is 0 Å². The van der Waals surface area contributed by atoms with Crippen LogP contribution in [0.4, 0.5) is 0 Å². The molecule has 1 atom stereocenters. The minimum absolute atomic E-state index is 0.173. The van der Waals surface area contributed by atoms with Gasteiger partial charge in [-0.1, -0.05) is 0 Å². The second-order valence-corrected chi connectivity index (χ2v) is 6.29. The number of amides is 1. The van der Waals surface area contributed by atoms with Crippen molar-refractivity contribution < 1.29 is 19.8 Å². The van der Waals surface area contributed by atoms with Gasteiger partial charge in [0.1, 0.15) is 0 Å². The molecule has 0 aliphatic heterocycles. The summed E-state index contributed by atoms with van der Waals surface area (Å²) in [5.41, 5.74) is -1.94. The molecule has 0 saturated heterocycles. The SMILES string of the molecule is CC(O)(CNC(=O)Cc1ccc(Br)s1)C(=O)O. The molecule has 0 bridgehead atoms. The Morgan fingerprint density at radius 3 is 2.65 bits per heavy atom. The van der Waals surface area contributed by atoms with Crippen LogP contribution in [0.25, 0.3) is 0 Å². The van der Waals surface area contributed by atoms with Crippen molar-refractivity contribution in [3.05, 3.63) is 20.8 Å². The molecule has 5 nitrogen and oxygen atoms in total. The molecule has 0 fully saturated rings. The second kappa shape index (κ2) is 5.61. The van der Waals surface area contributed by atoms with E-state index in [1.807, 2.05) is 12.1 Å². The Hall–Kier alpha value is -0.920. The number of carboxylic acid groups (broad SMARTS) is 1. The Morgan fingerprint density at radius 1 is 1.53 bits per heavy atom. The van der Waals surface area contributed by atoms with Crippen LogP contribution in [-0.4, -0.2) is 34.2 Å². The number of nitrogens with one attached hydrogen (secondary N) is 1. The van der Waals surface area contributed by atoms with E-state index in [1.54, 1.807) is 0 Å². The van der Waals surface area contributed by atoms with Gasteiger partial charge in [-0.15, -0.1) is 11.3 Å². The molecule has 0 aromatic carbocycles. The summed E-state index contributed by atoms with van der Waals surface area (Å²) in [6.45, 7) is 0.824. The van der Waals surface area contributed by atoms with E-state index in [2.05, 4.69) is 21.2 Å². The van der Waals surface area contributed by atoms with Gasteiger partial charge in [0.05, 0.1) is 16.8 Å². The highest BCUT2D eigenvalue weighted by molar-refractivity contribution is 9.11. The number of hydrogen-bond donors (Lipinski definition) is 3. The van der Waals surface area contributed by atoms with E-state index in [1.165, 1.54) is 11.3 Å². The molecular formula is C10H12BrNO4S. The molecule has 0 radical (unpaired) electrons. The first kappa shape index (κ1) is 14.1. The molecule has 0 saturated carbocycles. The topological polar surface area (TPSA) is 86.6 Å². The van der Waals surface area contributed by atoms with Gasteiger partial charge in [0.25, 0.3) is 0 Å². The van der Waals surface area contributed by atoms with Crippen LogP contribution in [0, 0.1) is 0 Å². The number of carbonyl (C=O) groups excluding carboxylic acids is 1. The fourth-order valence-electron chi connectivity index (χ4n) is 1.01. The lowest BCUT2D eigenvalue weighted by atomic mass is 10.1. The standard InChI is InChI=1S/C10H12BrNO4S/c1-10(16,9(14)15)5-12-8(13)4-6-2-3-7(11)17-6/h2-3,16H,4-5H2,1H3,(H,12,13)(H,14,15). The third kappa shape index (κ3) is 4.45. The number of rotatable bonds is 5. The van der Waals surface area contributed by atoms with Crippen LogP contribution >= 0.6 is 27.3 Å². The van der Waals surface area contributed by atoms with Gasteiger partial charge in [0.2, 0.25) is 5.91 Å². The molecule has 7 heteroatoms. The minimum atomic E-state index is -1.94. The Morgan fingerprint density at radius 2 is 2.18 bits per heavy atom. The van der Waals surface area contributed by atoms with Gasteiger partial charge in [-0.05, 0) is 35.0 Å². The third-order valence-electron chi connectivity index (χ3n) is 2.05. The zero-order valence-electron chi connectivity index (χ0n) is 9.07. The van der Waals surface area contributed by atoms with Crippen LogP contribution < -0.4 is 5.32 Å². The molecule has 1 aromatic rings. The van der Waals surface area contributed by atoms with Gasteiger partial charge < -0.3 is 15.5 Å². The Balaban J connectivity index is 2.43. The maximum absolute atomic E-state index is 11.5. The number of carboxylic acids is 1. The highest BCUT2D eigenvalue weighted by Gasteiger charge is 2.30. The van der Waals surface area contributed by atoms with Crippen molar-refractivity contribution in [3.8, 4) is 0 Å². The lowest BCUT2D eigenvalue weighted by Crippen LogP contribution is -2.46. The summed E-state index contributed by atoms with van der Waals surface area (Å²) in [4.78, 5) is 22.9. The van der Waals surface area contributed by atoms with Crippen molar-refractivity contribution in [2.45, 2.75) is 18.9 Å². The van der Waals surface area contributed by atoms with Gasteiger partial charge in [0.15, 0.2) is 5.60 Å². The maximum atomic E-state index is 11.5. The molecule has 1 heterocycles. The maximum Gasteiger partial charge on any atom is 0.337 e. The molecule has 1 amide bonds. The summed E-state index contributed by atoms with van der Waals surface area (Å²) in [5.74, 6) is -1.68. The highest BCUT2D eigenvalue weighted by atomic mass is 79.9. The van der Waals surface area contributed by atoms with Crippen molar-refractivity contribution in [2.24, 2.45) is 0 Å². The van der Waals surface area contributed by atoms with Gasteiger partial charge in [-0.3, -0.25) is 4.79 Å². The van der Waals surface area contributed by atoms with E-state index in [0.717, 1.165) is 15.6 Å². The summed E-state index contributed by atoms with van der Waals surface area (Å²) in [7, 11) is 0. The number of halogens is 1. The number of thiophene rings is 1. The average Bonchev–Trinajstić information content (AvgIpc) is 2.61. The summed E-state index contributed by atoms with van der Waals surface area (Å²) in [6, 6.07) is 3.64. The van der Waals surface area contributed by atoms with Crippen LogP contribution in [0.1, 0.15) is 11.8 Å². The van der Waals surface area contributed by atoms with Crippen LogP contribution in [-0.2, 0) is 16.0 Å². The Kier molecular flexibility index (Phi) is 4.67. The largest absolute Gasteiger partial charge is 0.479 e. The smallest absolute Gasteiger partial charge is 0.337 e. The number of hydrogen-bond acceptors (Lipinski definition) is 4. The first-order valence-electron chi connectivity index (χ1n) is 4.78. The molecule has 3 N–H and O–H groups in total. The molecule has 0 spiro atoms. The first-order chi connectivity index (χ1) is 7.81. The second-order valence-electron chi connectivity index (χ2n) is 3.74. The van der Waals surface area contributed by atoms with Gasteiger partial charge in [-0.2, -0.15) is 0 Å². The monoisotopic (exact) mass is 321 g/mol. The van der Waals surface area contributed by atoms with Crippen LogP contribution in [0.15, 0.2) is 15.9 Å². The van der Waals surface area contributed by atoms with E-state index in [0.29, 0.717) is 0 Å². The zero-order valence-corrected chi connectivity index (χ0v) is 11.5. The van der Waals surface area contributed by atoms with Crippen molar-refractivity contribution >= 4 is 39.1 Å². The predicted molar refractivity (Wildman–Crippen MR) is 67.0 cm³/mol. The molecule has 1 rings (SSSR count). The summed E-state index contributed by atoms with van der Waals surface area (Å²) in [6.07, 6.45) is 0.173. The highest BCUT2D eigenvalue weighted by Crippen LogP contribution is 2.22. The Bertz CT molecular complexity index is 430. The van der Waals surface area contributed by atoms with E-state index >= 15 is 0 Å². The Labute approximate surface area is 111 Å². The lowest BCUT2D eigenvalue weighted by molar-refractivity contribution is -0.156. The quantitative estimate of drug-likeness (QED) is 0.755. The summed E-state index contributed by atoms with van der Waals surface area (Å²) in [5, 5.41) is 20.4. The third-order valence-corrected chi connectivity index (χ3v) is 3.68. The van der Waals surface area contributed by atoms with Crippen LogP contribution in [0.5, 0.6) is 0 Å². The normalized spacial score (nSPS) is 14.1. The van der Waals surface area contributed by atoms with E-state index in [-0.39, 0.29) is 18.9 Å². The molecule has 1 aromatic heterocycles. The van der Waals surface area contributed by atoms with Crippen molar-refractivity contribution in [3.63, 3.8) is 0 Å². The van der Waals surface area contributed by atoms with Crippen molar-refractivity contribution in [2.75, 3.05) is 6.54 Å². The molecule has 94 valence electrons. The van der Waals surface area contributed by atoms with Gasteiger partial charge in [0, 0.05) is 4.88 Å². The minimum Gasteiger partial charge on any atom is -0.479 e. The molecule has 1 unspecified atom stereocenters. The van der Waals surface area contributed by atoms with E-state index in [4.69, 9.17) is 5.11 Å². The average molecular weight is 322 g/mol. The fourth-order valence-corrected chi connectivity index (χ4v) is 2.50. The van der Waals surface area contributed by atoms with Crippen molar-refractivity contribution in [1.29, 1.82) is 0 Å². The van der Waals surface area contributed by atoms with Gasteiger partial charge >= 0.3 is 5.97 Å². The van der Waals surface area contributed by atoms with Crippen LogP contribution in [0.2, 0.25) is 0 Å². The molecule has 0 aliphatic carbocycles.